The van der Waals surface area contributed by atoms with Gasteiger partial charge in [0.15, 0.2) is 0 Å². The Morgan fingerprint density at radius 1 is 1.46 bits per heavy atom. The summed E-state index contributed by atoms with van der Waals surface area (Å²) >= 11 is 0. The van der Waals surface area contributed by atoms with Gasteiger partial charge < -0.3 is 19.5 Å². The Kier molecular flexibility index (Phi) is 5.03. The van der Waals surface area contributed by atoms with Crippen molar-refractivity contribution in [2.45, 2.75) is 39.3 Å². The van der Waals surface area contributed by atoms with Crippen LogP contribution in [0.4, 0.5) is 10.5 Å². The molecule has 1 N–H and O–H groups in total. The number of imidazole rings is 1. The molecule has 0 aliphatic carbocycles. The normalized spacial score (nSPS) is 17.1. The van der Waals surface area contributed by atoms with Crippen LogP contribution in [0, 0.1) is 6.92 Å². The van der Waals surface area contributed by atoms with Gasteiger partial charge in [-0.3, -0.25) is 0 Å². The Balaban J connectivity index is 1.70. The fourth-order valence-corrected chi connectivity index (χ4v) is 3.13. The number of hydrogen-bond acceptors (Lipinski definition) is 3. The SMILES string of the molecule is CCOc1cc(C)ccc1NC(=O)N1CCC[C@H]1Cn1ccnc1. The molecule has 2 heterocycles. The second kappa shape index (κ2) is 7.38. The summed E-state index contributed by atoms with van der Waals surface area (Å²) in [6, 6.07) is 5.96. The van der Waals surface area contributed by atoms with E-state index in [1.165, 1.54) is 0 Å². The van der Waals surface area contributed by atoms with Crippen LogP contribution < -0.4 is 10.1 Å². The molecule has 1 atom stereocenters. The summed E-state index contributed by atoms with van der Waals surface area (Å²) in [4.78, 5) is 18.7. The second-order valence-electron chi connectivity index (χ2n) is 6.11. The summed E-state index contributed by atoms with van der Waals surface area (Å²) in [6.45, 7) is 6.07. The summed E-state index contributed by atoms with van der Waals surface area (Å²) in [5.74, 6) is 0.719. The van der Waals surface area contributed by atoms with E-state index in [2.05, 4.69) is 10.3 Å². The number of ether oxygens (including phenoxy) is 1. The topological polar surface area (TPSA) is 59.4 Å². The van der Waals surface area contributed by atoms with Crippen LogP contribution in [0.15, 0.2) is 36.9 Å². The maximum absolute atomic E-state index is 12.7. The first-order chi connectivity index (χ1) is 11.7. The molecule has 3 rings (SSSR count). The zero-order chi connectivity index (χ0) is 16.9. The number of hydrogen-bond donors (Lipinski definition) is 1. The number of likely N-dealkylation sites (tertiary alicyclic amines) is 1. The standard InChI is InChI=1S/C18H24N4O2/c1-3-24-17-11-14(2)6-7-16(17)20-18(23)22-9-4-5-15(22)12-21-10-8-19-13-21/h6-8,10-11,13,15H,3-5,9,12H2,1-2H3,(H,20,23)/t15-/m0/s1. The van der Waals surface area contributed by atoms with E-state index >= 15 is 0 Å². The van der Waals surface area contributed by atoms with Crippen molar-refractivity contribution in [3.8, 4) is 5.75 Å². The number of carbonyl (C=O) groups excluding carboxylic acids is 1. The fourth-order valence-electron chi connectivity index (χ4n) is 3.13. The van der Waals surface area contributed by atoms with Gasteiger partial charge in [0.1, 0.15) is 5.75 Å². The average molecular weight is 328 g/mol. The van der Waals surface area contributed by atoms with E-state index in [-0.39, 0.29) is 12.1 Å². The lowest BCUT2D eigenvalue weighted by atomic mass is 10.2. The van der Waals surface area contributed by atoms with Gasteiger partial charge in [-0.1, -0.05) is 6.07 Å². The van der Waals surface area contributed by atoms with Crippen molar-refractivity contribution in [1.29, 1.82) is 0 Å². The first-order valence-electron chi connectivity index (χ1n) is 8.44. The molecule has 0 unspecified atom stereocenters. The number of nitrogens with zero attached hydrogens (tertiary/aromatic N) is 3. The number of aromatic nitrogens is 2. The predicted octanol–water partition coefficient (Wildman–Crippen LogP) is 3.29. The molecule has 1 aliphatic heterocycles. The van der Waals surface area contributed by atoms with Gasteiger partial charge in [-0.15, -0.1) is 0 Å². The maximum atomic E-state index is 12.7. The predicted molar refractivity (Wildman–Crippen MR) is 93.3 cm³/mol. The number of urea groups is 1. The molecule has 0 radical (unpaired) electrons. The highest BCUT2D eigenvalue weighted by molar-refractivity contribution is 5.91. The molecule has 1 aromatic carbocycles. The number of aryl methyl sites for hydroxylation is 1. The van der Waals surface area contributed by atoms with Gasteiger partial charge in [0, 0.05) is 25.5 Å². The van der Waals surface area contributed by atoms with Gasteiger partial charge >= 0.3 is 6.03 Å². The maximum Gasteiger partial charge on any atom is 0.322 e. The van der Waals surface area contributed by atoms with Gasteiger partial charge in [0.05, 0.1) is 24.7 Å². The number of amides is 2. The van der Waals surface area contributed by atoms with Crippen molar-refractivity contribution in [2.24, 2.45) is 0 Å². The van der Waals surface area contributed by atoms with Crippen molar-refractivity contribution in [3.05, 3.63) is 42.5 Å². The van der Waals surface area contributed by atoms with Crippen LogP contribution >= 0.6 is 0 Å². The van der Waals surface area contributed by atoms with Crippen molar-refractivity contribution >= 4 is 11.7 Å². The molecule has 0 bridgehead atoms. The lowest BCUT2D eigenvalue weighted by molar-refractivity contribution is 0.201. The molecule has 0 spiro atoms. The lowest BCUT2D eigenvalue weighted by Crippen LogP contribution is -2.40. The van der Waals surface area contributed by atoms with Crippen LogP contribution in [0.1, 0.15) is 25.3 Å². The smallest absolute Gasteiger partial charge is 0.322 e. The van der Waals surface area contributed by atoms with Gasteiger partial charge in [0.25, 0.3) is 0 Å². The van der Waals surface area contributed by atoms with Crippen molar-refractivity contribution in [2.75, 3.05) is 18.5 Å². The third-order valence-corrected chi connectivity index (χ3v) is 4.30. The summed E-state index contributed by atoms with van der Waals surface area (Å²) in [6.07, 6.45) is 7.53. The molecule has 1 aliphatic rings. The minimum atomic E-state index is -0.0672. The summed E-state index contributed by atoms with van der Waals surface area (Å²) in [5.41, 5.74) is 1.83. The first-order valence-corrected chi connectivity index (χ1v) is 8.44. The van der Waals surface area contributed by atoms with E-state index < -0.39 is 0 Å². The van der Waals surface area contributed by atoms with Crippen LogP contribution in [0.25, 0.3) is 0 Å². The minimum Gasteiger partial charge on any atom is -0.492 e. The molecular weight excluding hydrogens is 304 g/mol. The zero-order valence-electron chi connectivity index (χ0n) is 14.2. The van der Waals surface area contributed by atoms with E-state index in [1.807, 2.05) is 47.7 Å². The zero-order valence-corrected chi connectivity index (χ0v) is 14.2. The fraction of sp³-hybridized carbons (Fsp3) is 0.444. The monoisotopic (exact) mass is 328 g/mol. The molecule has 1 saturated heterocycles. The molecule has 0 saturated carbocycles. The van der Waals surface area contributed by atoms with Crippen LogP contribution in [0.2, 0.25) is 0 Å². The molecule has 2 aromatic rings. The third-order valence-electron chi connectivity index (χ3n) is 4.30. The van der Waals surface area contributed by atoms with Gasteiger partial charge in [0.2, 0.25) is 0 Å². The number of anilines is 1. The molecule has 6 heteroatoms. The largest absolute Gasteiger partial charge is 0.492 e. The second-order valence-corrected chi connectivity index (χ2v) is 6.11. The van der Waals surface area contributed by atoms with Crippen LogP contribution in [0.3, 0.4) is 0 Å². The summed E-state index contributed by atoms with van der Waals surface area (Å²) in [5, 5.41) is 3.01. The van der Waals surface area contributed by atoms with Crippen molar-refractivity contribution in [1.82, 2.24) is 14.5 Å². The minimum absolute atomic E-state index is 0.0672. The number of benzene rings is 1. The van der Waals surface area contributed by atoms with Gasteiger partial charge in [-0.05, 0) is 44.4 Å². The Morgan fingerprint density at radius 2 is 2.33 bits per heavy atom. The van der Waals surface area contributed by atoms with E-state index in [0.29, 0.717) is 6.61 Å². The number of carbonyl (C=O) groups is 1. The Morgan fingerprint density at radius 3 is 3.08 bits per heavy atom. The molecule has 1 fully saturated rings. The van der Waals surface area contributed by atoms with Crippen LogP contribution in [-0.4, -0.2) is 39.7 Å². The van der Waals surface area contributed by atoms with Crippen LogP contribution in [0.5, 0.6) is 5.75 Å². The van der Waals surface area contributed by atoms with Crippen molar-refractivity contribution < 1.29 is 9.53 Å². The van der Waals surface area contributed by atoms with Gasteiger partial charge in [-0.25, -0.2) is 9.78 Å². The molecule has 6 nitrogen and oxygen atoms in total. The van der Waals surface area contributed by atoms with Crippen molar-refractivity contribution in [3.63, 3.8) is 0 Å². The van der Waals surface area contributed by atoms with E-state index in [1.54, 1.807) is 12.5 Å². The Labute approximate surface area is 142 Å². The Bertz CT molecular complexity index is 684. The lowest BCUT2D eigenvalue weighted by Gasteiger charge is -2.25. The van der Waals surface area contributed by atoms with Crippen LogP contribution in [-0.2, 0) is 6.54 Å². The molecular formula is C18H24N4O2. The first kappa shape index (κ1) is 16.4. The van der Waals surface area contributed by atoms with E-state index in [9.17, 15) is 4.79 Å². The van der Waals surface area contributed by atoms with E-state index in [0.717, 1.165) is 42.9 Å². The molecule has 2 amide bonds. The molecule has 1 aromatic heterocycles. The number of nitrogens with one attached hydrogen (secondary N) is 1. The average Bonchev–Trinajstić information content (AvgIpc) is 3.22. The quantitative estimate of drug-likeness (QED) is 0.916. The van der Waals surface area contributed by atoms with E-state index in [4.69, 9.17) is 4.74 Å². The highest BCUT2D eigenvalue weighted by Gasteiger charge is 2.29. The number of rotatable bonds is 5. The third kappa shape index (κ3) is 3.69. The van der Waals surface area contributed by atoms with Gasteiger partial charge in [-0.2, -0.15) is 0 Å². The highest BCUT2D eigenvalue weighted by atomic mass is 16.5. The summed E-state index contributed by atoms with van der Waals surface area (Å²) in [7, 11) is 0. The Hall–Kier alpha value is -2.50. The molecule has 128 valence electrons. The highest BCUT2D eigenvalue weighted by Crippen LogP contribution is 2.27. The molecule has 24 heavy (non-hydrogen) atoms. The summed E-state index contributed by atoms with van der Waals surface area (Å²) < 4.78 is 7.67.